The van der Waals surface area contributed by atoms with Crippen LogP contribution in [0.25, 0.3) is 11.1 Å². The molecule has 7 heteroatoms. The first kappa shape index (κ1) is 17.2. The molecule has 2 aliphatic rings. The fraction of sp³-hybridized carbons (Fsp3) is 0.588. The van der Waals surface area contributed by atoms with Crippen LogP contribution in [0.3, 0.4) is 0 Å². The van der Waals surface area contributed by atoms with Crippen molar-refractivity contribution >= 4 is 29.4 Å². The number of rotatable bonds is 3. The topological polar surface area (TPSA) is 85.2 Å². The predicted molar refractivity (Wildman–Crippen MR) is 93.6 cm³/mol. The minimum atomic E-state index is 0. The average Bonchev–Trinajstić information content (AvgIpc) is 3.14. The van der Waals surface area contributed by atoms with Crippen LogP contribution in [0.1, 0.15) is 66.7 Å². The zero-order chi connectivity index (χ0) is 16.1. The molecule has 3 heterocycles. The average molecular weight is 351 g/mol. The van der Waals surface area contributed by atoms with Crippen LogP contribution in [-0.4, -0.2) is 40.1 Å². The van der Waals surface area contributed by atoms with E-state index < -0.39 is 0 Å². The number of nitrogens with two attached hydrogens (primary N) is 1. The second-order valence-electron chi connectivity index (χ2n) is 7.07. The zero-order valence-corrected chi connectivity index (χ0v) is 14.8. The molecule has 24 heavy (non-hydrogen) atoms. The van der Waals surface area contributed by atoms with Crippen molar-refractivity contribution in [1.82, 2.24) is 15.0 Å². The number of carbonyl (C=O) groups excluding carboxylic acids is 1. The second kappa shape index (κ2) is 6.33. The van der Waals surface area contributed by atoms with Crippen LogP contribution in [0.2, 0.25) is 0 Å². The fourth-order valence-electron chi connectivity index (χ4n) is 3.29. The van der Waals surface area contributed by atoms with Crippen molar-refractivity contribution in [2.45, 2.75) is 51.0 Å². The molecule has 0 unspecified atom stereocenters. The molecule has 1 saturated carbocycles. The summed E-state index contributed by atoms with van der Waals surface area (Å²) in [6.45, 7) is 5.42. The predicted octanol–water partition coefficient (Wildman–Crippen LogP) is 2.82. The molecule has 0 bridgehead atoms. The van der Waals surface area contributed by atoms with Crippen LogP contribution in [0.4, 0.5) is 0 Å². The Bertz CT molecular complexity index is 769. The van der Waals surface area contributed by atoms with Crippen LogP contribution < -0.4 is 5.73 Å². The summed E-state index contributed by atoms with van der Waals surface area (Å²) in [5.41, 5.74) is 8.89. The van der Waals surface area contributed by atoms with Gasteiger partial charge in [0.25, 0.3) is 11.6 Å². The third kappa shape index (κ3) is 2.89. The summed E-state index contributed by atoms with van der Waals surface area (Å²) in [5.74, 6) is 0.661. The number of hydrogen-bond acceptors (Lipinski definition) is 5. The highest BCUT2D eigenvalue weighted by Crippen LogP contribution is 2.41. The minimum absolute atomic E-state index is 0. The Kier molecular flexibility index (Phi) is 4.53. The van der Waals surface area contributed by atoms with E-state index >= 15 is 0 Å². The number of nitrogens with zero attached hydrogens (tertiary/aromatic N) is 3. The van der Waals surface area contributed by atoms with E-state index in [1.54, 1.807) is 0 Å². The van der Waals surface area contributed by atoms with Gasteiger partial charge < -0.3 is 15.2 Å². The van der Waals surface area contributed by atoms with Gasteiger partial charge in [-0.25, -0.2) is 4.98 Å². The molecule has 1 saturated heterocycles. The van der Waals surface area contributed by atoms with E-state index in [1.807, 2.05) is 24.8 Å². The van der Waals surface area contributed by atoms with Crippen LogP contribution in [-0.2, 0) is 0 Å². The number of pyridine rings is 1. The summed E-state index contributed by atoms with van der Waals surface area (Å²) in [7, 11) is 0. The summed E-state index contributed by atoms with van der Waals surface area (Å²) in [5, 5.41) is 4.94. The SMILES string of the molecule is CC(C)c1noc2nc(C3CC3)cc(C(=O)N3CC[C@H](N)C3)c12.Cl. The molecule has 0 aromatic carbocycles. The van der Waals surface area contributed by atoms with Crippen molar-refractivity contribution < 1.29 is 9.32 Å². The molecule has 4 rings (SSSR count). The van der Waals surface area contributed by atoms with Crippen molar-refractivity contribution in [2.24, 2.45) is 5.73 Å². The van der Waals surface area contributed by atoms with Gasteiger partial charge >= 0.3 is 0 Å². The van der Waals surface area contributed by atoms with Gasteiger partial charge in [0.2, 0.25) is 0 Å². The highest BCUT2D eigenvalue weighted by atomic mass is 35.5. The lowest BCUT2D eigenvalue weighted by atomic mass is 10.0. The van der Waals surface area contributed by atoms with Gasteiger partial charge in [-0.1, -0.05) is 19.0 Å². The Balaban J connectivity index is 0.00000169. The quantitative estimate of drug-likeness (QED) is 0.919. The maximum atomic E-state index is 13.0. The van der Waals surface area contributed by atoms with Crippen LogP contribution in [0.5, 0.6) is 0 Å². The largest absolute Gasteiger partial charge is 0.337 e. The van der Waals surface area contributed by atoms with Crippen molar-refractivity contribution in [3.63, 3.8) is 0 Å². The molecular formula is C17H23ClN4O2. The normalized spacial score (nSPS) is 20.7. The number of fused-ring (bicyclic) bond motifs is 1. The number of likely N-dealkylation sites (tertiary alicyclic amines) is 1. The molecule has 2 aromatic heterocycles. The van der Waals surface area contributed by atoms with E-state index in [0.717, 1.165) is 36.0 Å². The number of carbonyl (C=O) groups is 1. The molecular weight excluding hydrogens is 328 g/mol. The fourth-order valence-corrected chi connectivity index (χ4v) is 3.29. The van der Waals surface area contributed by atoms with Crippen LogP contribution in [0, 0.1) is 0 Å². The monoisotopic (exact) mass is 350 g/mol. The number of aromatic nitrogens is 2. The smallest absolute Gasteiger partial charge is 0.259 e. The standard InChI is InChI=1S/C17H22N4O2.ClH/c1-9(2)15-14-12(17(22)21-6-5-11(18)8-21)7-13(10-3-4-10)19-16(14)23-20-15;/h7,9-11H,3-6,8,18H2,1-2H3;1H/t11-;/m0./s1. The van der Waals surface area contributed by atoms with Crippen LogP contribution >= 0.6 is 12.4 Å². The summed E-state index contributed by atoms with van der Waals surface area (Å²) < 4.78 is 5.45. The summed E-state index contributed by atoms with van der Waals surface area (Å²) >= 11 is 0. The van der Waals surface area contributed by atoms with E-state index in [0.29, 0.717) is 30.3 Å². The summed E-state index contributed by atoms with van der Waals surface area (Å²) in [6, 6.07) is 2.03. The Morgan fingerprint density at radius 2 is 2.12 bits per heavy atom. The van der Waals surface area contributed by atoms with Crippen molar-refractivity contribution in [2.75, 3.05) is 13.1 Å². The van der Waals surface area contributed by atoms with Gasteiger partial charge in [0, 0.05) is 30.7 Å². The lowest BCUT2D eigenvalue weighted by Gasteiger charge is -2.17. The molecule has 1 aliphatic heterocycles. The molecule has 2 aromatic rings. The summed E-state index contributed by atoms with van der Waals surface area (Å²) in [4.78, 5) is 19.5. The zero-order valence-electron chi connectivity index (χ0n) is 14.0. The van der Waals surface area contributed by atoms with E-state index in [1.165, 1.54) is 0 Å². The summed E-state index contributed by atoms with van der Waals surface area (Å²) in [6.07, 6.45) is 3.12. The molecule has 1 atom stereocenters. The second-order valence-corrected chi connectivity index (χ2v) is 7.07. The Morgan fingerprint density at radius 3 is 2.71 bits per heavy atom. The number of amides is 1. The lowest BCUT2D eigenvalue weighted by molar-refractivity contribution is 0.0792. The first-order chi connectivity index (χ1) is 11.0. The molecule has 6 nitrogen and oxygen atoms in total. The van der Waals surface area contributed by atoms with Crippen molar-refractivity contribution in [1.29, 1.82) is 0 Å². The molecule has 0 spiro atoms. The van der Waals surface area contributed by atoms with Gasteiger partial charge in [0.1, 0.15) is 0 Å². The van der Waals surface area contributed by atoms with E-state index in [2.05, 4.69) is 10.1 Å². The molecule has 2 fully saturated rings. The Morgan fingerprint density at radius 1 is 1.38 bits per heavy atom. The number of halogens is 1. The lowest BCUT2D eigenvalue weighted by Crippen LogP contribution is -2.32. The van der Waals surface area contributed by atoms with Gasteiger partial charge in [-0.2, -0.15) is 0 Å². The van der Waals surface area contributed by atoms with Crippen LogP contribution in [0.15, 0.2) is 10.6 Å². The third-order valence-electron chi connectivity index (χ3n) is 4.78. The molecule has 1 amide bonds. The molecule has 0 radical (unpaired) electrons. The minimum Gasteiger partial charge on any atom is -0.337 e. The molecule has 1 aliphatic carbocycles. The van der Waals surface area contributed by atoms with Gasteiger partial charge in [0.15, 0.2) is 0 Å². The van der Waals surface area contributed by atoms with E-state index in [-0.39, 0.29) is 30.3 Å². The Labute approximate surface area is 147 Å². The molecule has 130 valence electrons. The highest BCUT2D eigenvalue weighted by Gasteiger charge is 2.32. The molecule has 2 N–H and O–H groups in total. The van der Waals surface area contributed by atoms with E-state index in [4.69, 9.17) is 10.3 Å². The van der Waals surface area contributed by atoms with Gasteiger partial charge in [-0.05, 0) is 31.2 Å². The van der Waals surface area contributed by atoms with Gasteiger partial charge in [0.05, 0.1) is 16.6 Å². The first-order valence-corrected chi connectivity index (χ1v) is 8.39. The van der Waals surface area contributed by atoms with Crippen molar-refractivity contribution in [3.8, 4) is 0 Å². The maximum absolute atomic E-state index is 13.0. The Hall–Kier alpha value is -1.66. The van der Waals surface area contributed by atoms with E-state index in [9.17, 15) is 4.79 Å². The highest BCUT2D eigenvalue weighted by molar-refractivity contribution is 6.06. The van der Waals surface area contributed by atoms with Gasteiger partial charge in [-0.3, -0.25) is 4.79 Å². The third-order valence-corrected chi connectivity index (χ3v) is 4.78. The number of hydrogen-bond donors (Lipinski definition) is 1. The first-order valence-electron chi connectivity index (χ1n) is 8.39. The van der Waals surface area contributed by atoms with Crippen molar-refractivity contribution in [3.05, 3.63) is 23.0 Å². The van der Waals surface area contributed by atoms with Gasteiger partial charge in [-0.15, -0.1) is 12.4 Å². The maximum Gasteiger partial charge on any atom is 0.259 e.